The van der Waals surface area contributed by atoms with Crippen LogP contribution in [0.4, 0.5) is 4.39 Å². The largest absolute Gasteiger partial charge is 0.298 e. The average Bonchev–Trinajstić information content (AvgIpc) is 2.24. The van der Waals surface area contributed by atoms with Crippen LogP contribution in [0.1, 0.15) is 24.0 Å². The van der Waals surface area contributed by atoms with Crippen molar-refractivity contribution in [3.05, 3.63) is 35.1 Å². The van der Waals surface area contributed by atoms with Crippen LogP contribution >= 0.6 is 11.6 Å². The van der Waals surface area contributed by atoms with Crippen molar-refractivity contribution in [3.8, 4) is 0 Å². The Morgan fingerprint density at radius 3 is 3.06 bits per heavy atom. The van der Waals surface area contributed by atoms with E-state index >= 15 is 0 Å². The van der Waals surface area contributed by atoms with E-state index in [2.05, 4.69) is 4.90 Å². The monoisotopic (exact) mass is 241 g/mol. The summed E-state index contributed by atoms with van der Waals surface area (Å²) in [5.74, 6) is -0.153. The molecule has 88 valence electrons. The topological polar surface area (TPSA) is 3.24 Å². The molecule has 0 N–H and O–H groups in total. The maximum absolute atomic E-state index is 13.1. The second-order valence-corrected chi connectivity index (χ2v) is 5.16. The van der Waals surface area contributed by atoms with E-state index < -0.39 is 0 Å². The first kappa shape index (κ1) is 11.9. The molecule has 3 heteroatoms. The summed E-state index contributed by atoms with van der Waals surface area (Å²) in [5, 5.41) is 0.252. The van der Waals surface area contributed by atoms with Crippen molar-refractivity contribution in [3.63, 3.8) is 0 Å². The van der Waals surface area contributed by atoms with E-state index in [-0.39, 0.29) is 11.2 Å². The van der Waals surface area contributed by atoms with Gasteiger partial charge >= 0.3 is 0 Å². The molecule has 1 aliphatic heterocycles. The van der Waals surface area contributed by atoms with Gasteiger partial charge in [-0.2, -0.15) is 0 Å². The number of alkyl halides is 1. The van der Waals surface area contributed by atoms with Crippen molar-refractivity contribution in [2.75, 3.05) is 13.1 Å². The number of benzene rings is 1. The van der Waals surface area contributed by atoms with Gasteiger partial charge < -0.3 is 0 Å². The molecule has 1 heterocycles. The molecular formula is C13H17ClFN. The second kappa shape index (κ2) is 5.15. The van der Waals surface area contributed by atoms with Crippen molar-refractivity contribution in [1.29, 1.82) is 0 Å². The summed E-state index contributed by atoms with van der Waals surface area (Å²) in [6.45, 7) is 4.82. The zero-order valence-electron chi connectivity index (χ0n) is 9.55. The molecule has 1 atom stereocenters. The first-order chi connectivity index (χ1) is 7.65. The SMILES string of the molecule is Cc1ccc(F)cc1CN1CCCC(Cl)C1. The first-order valence-corrected chi connectivity index (χ1v) is 6.20. The standard InChI is InChI=1S/C13H17ClFN/c1-10-4-5-13(15)7-11(10)8-16-6-2-3-12(14)9-16/h4-5,7,12H,2-3,6,8-9H2,1H3. The molecule has 0 radical (unpaired) electrons. The number of halogens is 2. The lowest BCUT2D eigenvalue weighted by atomic mass is 10.1. The number of hydrogen-bond donors (Lipinski definition) is 0. The third-order valence-corrected chi connectivity index (χ3v) is 3.51. The summed E-state index contributed by atoms with van der Waals surface area (Å²) in [4.78, 5) is 2.31. The fourth-order valence-corrected chi connectivity index (χ4v) is 2.54. The molecule has 1 unspecified atom stereocenters. The van der Waals surface area contributed by atoms with Crippen LogP contribution in [0.2, 0.25) is 0 Å². The highest BCUT2D eigenvalue weighted by atomic mass is 35.5. The van der Waals surface area contributed by atoms with Gasteiger partial charge in [0.15, 0.2) is 0 Å². The van der Waals surface area contributed by atoms with Gasteiger partial charge in [0.25, 0.3) is 0 Å². The number of rotatable bonds is 2. The Bertz CT molecular complexity index is 367. The Labute approximate surface area is 101 Å². The highest BCUT2D eigenvalue weighted by Gasteiger charge is 2.18. The van der Waals surface area contributed by atoms with Crippen LogP contribution in [0.15, 0.2) is 18.2 Å². The lowest BCUT2D eigenvalue weighted by Crippen LogP contribution is -2.35. The van der Waals surface area contributed by atoms with E-state index in [9.17, 15) is 4.39 Å². The van der Waals surface area contributed by atoms with Crippen LogP contribution in [0.3, 0.4) is 0 Å². The molecular weight excluding hydrogens is 225 g/mol. The molecule has 0 amide bonds. The molecule has 0 aliphatic carbocycles. The van der Waals surface area contributed by atoms with Crippen LogP contribution < -0.4 is 0 Å². The van der Waals surface area contributed by atoms with Gasteiger partial charge in [-0.1, -0.05) is 6.07 Å². The Hall–Kier alpha value is -0.600. The summed E-state index contributed by atoms with van der Waals surface area (Å²) in [7, 11) is 0. The van der Waals surface area contributed by atoms with Gasteiger partial charge in [-0.3, -0.25) is 4.90 Å². The van der Waals surface area contributed by atoms with Crippen LogP contribution in [0, 0.1) is 12.7 Å². The Balaban J connectivity index is 2.05. The molecule has 0 bridgehead atoms. The Morgan fingerprint density at radius 2 is 2.31 bits per heavy atom. The van der Waals surface area contributed by atoms with Crippen LogP contribution in [0.25, 0.3) is 0 Å². The zero-order valence-corrected chi connectivity index (χ0v) is 10.3. The molecule has 0 aromatic heterocycles. The van der Waals surface area contributed by atoms with Gasteiger partial charge in [0.05, 0.1) is 0 Å². The van der Waals surface area contributed by atoms with Crippen molar-refractivity contribution < 1.29 is 4.39 Å². The molecule has 1 fully saturated rings. The number of piperidine rings is 1. The van der Waals surface area contributed by atoms with Gasteiger partial charge in [0.2, 0.25) is 0 Å². The minimum absolute atomic E-state index is 0.153. The summed E-state index contributed by atoms with van der Waals surface area (Å²) in [6.07, 6.45) is 2.24. The van der Waals surface area contributed by atoms with Crippen molar-refractivity contribution >= 4 is 11.6 Å². The van der Waals surface area contributed by atoms with E-state index in [0.29, 0.717) is 0 Å². The van der Waals surface area contributed by atoms with Crippen molar-refractivity contribution in [2.45, 2.75) is 31.7 Å². The highest BCUT2D eigenvalue weighted by Crippen LogP contribution is 2.19. The molecule has 0 spiro atoms. The van der Waals surface area contributed by atoms with E-state index in [1.165, 1.54) is 6.07 Å². The van der Waals surface area contributed by atoms with Crippen LogP contribution in [-0.2, 0) is 6.54 Å². The lowest BCUT2D eigenvalue weighted by Gasteiger charge is -2.30. The smallest absolute Gasteiger partial charge is 0.123 e. The molecule has 1 aromatic carbocycles. The van der Waals surface area contributed by atoms with E-state index in [1.54, 1.807) is 6.07 Å². The minimum atomic E-state index is -0.153. The quantitative estimate of drug-likeness (QED) is 0.718. The second-order valence-electron chi connectivity index (χ2n) is 4.55. The number of hydrogen-bond acceptors (Lipinski definition) is 1. The van der Waals surface area contributed by atoms with Crippen LogP contribution in [0.5, 0.6) is 0 Å². The molecule has 1 aliphatic rings. The van der Waals surface area contributed by atoms with Gasteiger partial charge in [0, 0.05) is 18.5 Å². The Kier molecular flexibility index (Phi) is 3.82. The van der Waals surface area contributed by atoms with Crippen LogP contribution in [-0.4, -0.2) is 23.4 Å². The average molecular weight is 242 g/mol. The lowest BCUT2D eigenvalue weighted by molar-refractivity contribution is 0.223. The van der Waals surface area contributed by atoms with E-state index in [4.69, 9.17) is 11.6 Å². The predicted molar refractivity (Wildman–Crippen MR) is 65.3 cm³/mol. The summed E-state index contributed by atoms with van der Waals surface area (Å²) in [5.41, 5.74) is 2.23. The highest BCUT2D eigenvalue weighted by molar-refractivity contribution is 6.20. The summed E-state index contributed by atoms with van der Waals surface area (Å²) in [6, 6.07) is 4.99. The van der Waals surface area contributed by atoms with E-state index in [1.807, 2.05) is 13.0 Å². The van der Waals surface area contributed by atoms with Gasteiger partial charge in [-0.25, -0.2) is 4.39 Å². The number of likely N-dealkylation sites (tertiary alicyclic amines) is 1. The van der Waals surface area contributed by atoms with Crippen molar-refractivity contribution in [1.82, 2.24) is 4.90 Å². The zero-order chi connectivity index (χ0) is 11.5. The van der Waals surface area contributed by atoms with E-state index in [0.717, 1.165) is 43.6 Å². The fraction of sp³-hybridized carbons (Fsp3) is 0.538. The maximum Gasteiger partial charge on any atom is 0.123 e. The fourth-order valence-electron chi connectivity index (χ4n) is 2.19. The number of aryl methyl sites for hydroxylation is 1. The molecule has 16 heavy (non-hydrogen) atoms. The third kappa shape index (κ3) is 2.96. The van der Waals surface area contributed by atoms with Gasteiger partial charge in [0.1, 0.15) is 5.82 Å². The molecule has 2 rings (SSSR count). The molecule has 1 nitrogen and oxygen atoms in total. The predicted octanol–water partition coefficient (Wildman–Crippen LogP) is 3.34. The molecule has 1 aromatic rings. The van der Waals surface area contributed by atoms with Crippen molar-refractivity contribution in [2.24, 2.45) is 0 Å². The Morgan fingerprint density at radius 1 is 1.50 bits per heavy atom. The minimum Gasteiger partial charge on any atom is -0.298 e. The van der Waals surface area contributed by atoms with Gasteiger partial charge in [-0.15, -0.1) is 11.6 Å². The summed E-state index contributed by atoms with van der Waals surface area (Å²) < 4.78 is 13.1. The third-order valence-electron chi connectivity index (χ3n) is 3.15. The molecule has 0 saturated carbocycles. The molecule has 1 saturated heterocycles. The number of nitrogens with zero attached hydrogens (tertiary/aromatic N) is 1. The normalized spacial score (nSPS) is 22.3. The summed E-state index contributed by atoms with van der Waals surface area (Å²) >= 11 is 6.13. The van der Waals surface area contributed by atoms with Gasteiger partial charge in [-0.05, 0) is 49.6 Å². The first-order valence-electron chi connectivity index (χ1n) is 5.76. The maximum atomic E-state index is 13.1.